The Morgan fingerprint density at radius 2 is 1.90 bits per heavy atom. The molecule has 0 bridgehead atoms. The van der Waals surface area contributed by atoms with Crippen LogP contribution in [0.15, 0.2) is 54.6 Å². The number of rotatable bonds is 5. The van der Waals surface area contributed by atoms with E-state index in [1.54, 1.807) is 12.1 Å². The van der Waals surface area contributed by atoms with E-state index >= 15 is 0 Å². The molecule has 0 fully saturated rings. The highest BCUT2D eigenvalue weighted by atomic mass is 16.6. The second-order valence-electron chi connectivity index (χ2n) is 4.74. The zero-order valence-corrected chi connectivity index (χ0v) is 11.5. The molecule has 0 aromatic heterocycles. The molecule has 2 aromatic rings. The summed E-state index contributed by atoms with van der Waals surface area (Å²) < 4.78 is 0. The zero-order valence-electron chi connectivity index (χ0n) is 11.5. The van der Waals surface area contributed by atoms with E-state index in [-0.39, 0.29) is 10.6 Å². The number of nitro benzene ring substituents is 1. The number of benzene rings is 2. The molecule has 0 aliphatic rings. The van der Waals surface area contributed by atoms with Crippen LogP contribution in [-0.2, 0) is 6.42 Å². The van der Waals surface area contributed by atoms with Crippen LogP contribution in [0.4, 0.5) is 5.69 Å². The van der Waals surface area contributed by atoms with Crippen LogP contribution in [0.1, 0.15) is 23.1 Å². The van der Waals surface area contributed by atoms with Crippen LogP contribution in [0, 0.1) is 17.0 Å². The van der Waals surface area contributed by atoms with Gasteiger partial charge < -0.3 is 0 Å². The normalized spacial score (nSPS) is 10.8. The van der Waals surface area contributed by atoms with Crippen molar-refractivity contribution in [1.82, 2.24) is 0 Å². The van der Waals surface area contributed by atoms with Gasteiger partial charge in [0.15, 0.2) is 0 Å². The summed E-state index contributed by atoms with van der Waals surface area (Å²) in [6, 6.07) is 15.3. The van der Waals surface area contributed by atoms with Crippen molar-refractivity contribution in [2.24, 2.45) is 0 Å². The molecule has 2 aromatic carbocycles. The minimum Gasteiger partial charge on any atom is -0.258 e. The van der Waals surface area contributed by atoms with Crippen molar-refractivity contribution in [3.05, 3.63) is 81.4 Å². The number of aryl methyl sites for hydroxylation is 2. The van der Waals surface area contributed by atoms with Crippen molar-refractivity contribution in [3.63, 3.8) is 0 Å². The van der Waals surface area contributed by atoms with E-state index < -0.39 is 0 Å². The lowest BCUT2D eigenvalue weighted by Crippen LogP contribution is -1.95. The summed E-state index contributed by atoms with van der Waals surface area (Å²) in [7, 11) is 0. The minimum absolute atomic E-state index is 0.212. The van der Waals surface area contributed by atoms with Crippen LogP contribution in [0.2, 0.25) is 0 Å². The monoisotopic (exact) mass is 267 g/mol. The number of nitrogens with zero attached hydrogens (tertiary/aromatic N) is 1. The maximum atomic E-state index is 11.0. The van der Waals surface area contributed by atoms with Gasteiger partial charge in [-0.25, -0.2) is 0 Å². The van der Waals surface area contributed by atoms with Crippen LogP contribution in [0.3, 0.4) is 0 Å². The summed E-state index contributed by atoms with van der Waals surface area (Å²) in [4.78, 5) is 10.7. The molecule has 2 rings (SSSR count). The SMILES string of the molecule is Cc1ccc([N+](=O)[O-])c(CC/C=C/c2ccccc2)c1. The Labute approximate surface area is 118 Å². The largest absolute Gasteiger partial charge is 0.272 e. The van der Waals surface area contributed by atoms with Gasteiger partial charge >= 0.3 is 0 Å². The Bertz CT molecular complexity index is 618. The molecular formula is C17H17NO2. The van der Waals surface area contributed by atoms with Crippen molar-refractivity contribution in [3.8, 4) is 0 Å². The van der Waals surface area contributed by atoms with Gasteiger partial charge in [-0.3, -0.25) is 10.1 Å². The van der Waals surface area contributed by atoms with Gasteiger partial charge in [-0.1, -0.05) is 54.1 Å². The topological polar surface area (TPSA) is 43.1 Å². The van der Waals surface area contributed by atoms with Crippen molar-refractivity contribution >= 4 is 11.8 Å². The van der Waals surface area contributed by atoms with Crippen LogP contribution in [-0.4, -0.2) is 4.92 Å². The van der Waals surface area contributed by atoms with E-state index in [0.29, 0.717) is 6.42 Å². The Hall–Kier alpha value is -2.42. The van der Waals surface area contributed by atoms with Gasteiger partial charge in [-0.05, 0) is 31.4 Å². The van der Waals surface area contributed by atoms with Crippen LogP contribution in [0.5, 0.6) is 0 Å². The first kappa shape index (κ1) is 14.0. The maximum Gasteiger partial charge on any atom is 0.272 e. The standard InChI is InChI=1S/C17H17NO2/c1-14-11-12-17(18(19)20)16(13-14)10-6-5-9-15-7-3-2-4-8-15/h2-5,7-9,11-13H,6,10H2,1H3/b9-5+. The van der Waals surface area contributed by atoms with E-state index in [2.05, 4.69) is 6.08 Å². The first-order valence-corrected chi connectivity index (χ1v) is 6.62. The number of allylic oxidation sites excluding steroid dienone is 1. The molecule has 0 saturated carbocycles. The molecule has 0 aliphatic carbocycles. The van der Waals surface area contributed by atoms with Gasteiger partial charge in [0.25, 0.3) is 5.69 Å². The Morgan fingerprint density at radius 1 is 1.15 bits per heavy atom. The molecule has 0 spiro atoms. The third-order valence-electron chi connectivity index (χ3n) is 3.12. The Balaban J connectivity index is 2.02. The Kier molecular flexibility index (Phi) is 4.66. The molecule has 0 saturated heterocycles. The molecule has 0 radical (unpaired) electrons. The maximum absolute atomic E-state index is 11.0. The smallest absolute Gasteiger partial charge is 0.258 e. The molecule has 0 N–H and O–H groups in total. The average molecular weight is 267 g/mol. The third-order valence-corrected chi connectivity index (χ3v) is 3.12. The molecule has 3 heteroatoms. The summed E-state index contributed by atoms with van der Waals surface area (Å²) in [6.45, 7) is 1.95. The molecule has 102 valence electrons. The number of hydrogen-bond donors (Lipinski definition) is 0. The molecule has 20 heavy (non-hydrogen) atoms. The van der Waals surface area contributed by atoms with E-state index in [4.69, 9.17) is 0 Å². The van der Waals surface area contributed by atoms with Crippen LogP contribution in [0.25, 0.3) is 6.08 Å². The average Bonchev–Trinajstić information content (AvgIpc) is 2.44. The van der Waals surface area contributed by atoms with Crippen molar-refractivity contribution in [1.29, 1.82) is 0 Å². The number of nitro groups is 1. The fourth-order valence-corrected chi connectivity index (χ4v) is 2.12. The minimum atomic E-state index is -0.310. The summed E-state index contributed by atoms with van der Waals surface area (Å²) >= 11 is 0. The lowest BCUT2D eigenvalue weighted by molar-refractivity contribution is -0.385. The molecular weight excluding hydrogens is 250 g/mol. The molecule has 0 atom stereocenters. The first-order chi connectivity index (χ1) is 9.66. The molecule has 0 unspecified atom stereocenters. The van der Waals surface area contributed by atoms with E-state index in [1.165, 1.54) is 0 Å². The lowest BCUT2D eigenvalue weighted by Gasteiger charge is -2.02. The highest BCUT2D eigenvalue weighted by Gasteiger charge is 2.12. The summed E-state index contributed by atoms with van der Waals surface area (Å²) in [5.41, 5.74) is 3.21. The predicted octanol–water partition coefficient (Wildman–Crippen LogP) is 4.55. The molecule has 0 heterocycles. The van der Waals surface area contributed by atoms with E-state index in [9.17, 15) is 10.1 Å². The fourth-order valence-electron chi connectivity index (χ4n) is 2.12. The Morgan fingerprint density at radius 3 is 2.60 bits per heavy atom. The van der Waals surface area contributed by atoms with Crippen molar-refractivity contribution in [2.45, 2.75) is 19.8 Å². The highest BCUT2D eigenvalue weighted by molar-refractivity contribution is 5.49. The quantitative estimate of drug-likeness (QED) is 0.589. The third kappa shape index (κ3) is 3.79. The second-order valence-corrected chi connectivity index (χ2v) is 4.74. The van der Waals surface area contributed by atoms with Crippen molar-refractivity contribution in [2.75, 3.05) is 0 Å². The summed E-state index contributed by atoms with van der Waals surface area (Å²) in [5, 5.41) is 11.0. The first-order valence-electron chi connectivity index (χ1n) is 6.62. The fraction of sp³-hybridized carbons (Fsp3) is 0.176. The van der Waals surface area contributed by atoms with Gasteiger partial charge in [0.1, 0.15) is 0 Å². The van der Waals surface area contributed by atoms with Gasteiger partial charge in [-0.15, -0.1) is 0 Å². The van der Waals surface area contributed by atoms with Gasteiger partial charge in [-0.2, -0.15) is 0 Å². The second kappa shape index (κ2) is 6.66. The van der Waals surface area contributed by atoms with Crippen molar-refractivity contribution < 1.29 is 4.92 Å². The van der Waals surface area contributed by atoms with Gasteiger partial charge in [0.2, 0.25) is 0 Å². The lowest BCUT2D eigenvalue weighted by atomic mass is 10.0. The number of hydrogen-bond acceptors (Lipinski definition) is 2. The van der Waals surface area contributed by atoms with E-state index in [0.717, 1.165) is 23.1 Å². The van der Waals surface area contributed by atoms with Crippen LogP contribution < -0.4 is 0 Å². The molecule has 3 nitrogen and oxygen atoms in total. The van der Waals surface area contributed by atoms with Gasteiger partial charge in [0, 0.05) is 11.6 Å². The predicted molar refractivity (Wildman–Crippen MR) is 81.6 cm³/mol. The summed E-state index contributed by atoms with van der Waals surface area (Å²) in [6.07, 6.45) is 5.57. The molecule has 0 amide bonds. The van der Waals surface area contributed by atoms with E-state index in [1.807, 2.05) is 49.4 Å². The summed E-state index contributed by atoms with van der Waals surface area (Å²) in [5.74, 6) is 0. The van der Waals surface area contributed by atoms with Crippen LogP contribution >= 0.6 is 0 Å². The zero-order chi connectivity index (χ0) is 14.4. The molecule has 0 aliphatic heterocycles. The highest BCUT2D eigenvalue weighted by Crippen LogP contribution is 2.21. The van der Waals surface area contributed by atoms with Gasteiger partial charge in [0.05, 0.1) is 4.92 Å².